The van der Waals surface area contributed by atoms with Gasteiger partial charge in [-0.15, -0.1) is 0 Å². The lowest BCUT2D eigenvalue weighted by Gasteiger charge is -2.29. The van der Waals surface area contributed by atoms with Gasteiger partial charge in [0.25, 0.3) is 5.56 Å². The summed E-state index contributed by atoms with van der Waals surface area (Å²) in [4.78, 5) is 17.4. The van der Waals surface area contributed by atoms with Gasteiger partial charge in [-0.25, -0.2) is 4.98 Å². The fourth-order valence-electron chi connectivity index (χ4n) is 2.63. The first-order chi connectivity index (χ1) is 9.87. The quantitative estimate of drug-likeness (QED) is 0.939. The predicted molar refractivity (Wildman–Crippen MR) is 87.6 cm³/mol. The van der Waals surface area contributed by atoms with Crippen molar-refractivity contribution in [1.29, 1.82) is 0 Å². The minimum absolute atomic E-state index is 0.0252. The maximum absolute atomic E-state index is 12.7. The van der Waals surface area contributed by atoms with Crippen LogP contribution < -0.4 is 10.9 Å². The molecule has 2 aromatic rings. The van der Waals surface area contributed by atoms with Crippen LogP contribution in [0.3, 0.4) is 0 Å². The van der Waals surface area contributed by atoms with E-state index in [9.17, 15) is 4.79 Å². The first kappa shape index (κ1) is 15.7. The molecule has 0 bridgehead atoms. The SMILES string of the molecule is CCC(NC(C)(C)C)c1nc2ccccc2c(=O)n1CC. The van der Waals surface area contributed by atoms with E-state index in [2.05, 4.69) is 33.0 Å². The number of aromatic nitrogens is 2. The average Bonchev–Trinajstić information content (AvgIpc) is 2.44. The lowest BCUT2D eigenvalue weighted by molar-refractivity contribution is 0.338. The minimum Gasteiger partial charge on any atom is -0.303 e. The highest BCUT2D eigenvalue weighted by Crippen LogP contribution is 2.19. The fraction of sp³-hybridized carbons (Fsp3) is 0.529. The number of nitrogens with zero attached hydrogens (tertiary/aromatic N) is 2. The smallest absolute Gasteiger partial charge is 0.261 e. The van der Waals surface area contributed by atoms with Gasteiger partial charge in [0.05, 0.1) is 16.9 Å². The van der Waals surface area contributed by atoms with E-state index < -0.39 is 0 Å². The van der Waals surface area contributed by atoms with E-state index >= 15 is 0 Å². The normalized spacial score (nSPS) is 13.6. The van der Waals surface area contributed by atoms with Gasteiger partial charge in [-0.1, -0.05) is 19.1 Å². The first-order valence-corrected chi connectivity index (χ1v) is 7.64. The zero-order chi connectivity index (χ0) is 15.6. The molecule has 0 aliphatic rings. The molecule has 0 aliphatic heterocycles. The third-order valence-electron chi connectivity index (χ3n) is 3.53. The minimum atomic E-state index is -0.0252. The third-order valence-corrected chi connectivity index (χ3v) is 3.53. The lowest BCUT2D eigenvalue weighted by atomic mass is 10.0. The number of benzene rings is 1. The van der Waals surface area contributed by atoms with Gasteiger partial charge >= 0.3 is 0 Å². The Bertz CT molecular complexity index is 682. The highest BCUT2D eigenvalue weighted by atomic mass is 16.1. The maximum atomic E-state index is 12.7. The molecule has 0 saturated carbocycles. The molecule has 0 saturated heterocycles. The summed E-state index contributed by atoms with van der Waals surface area (Å²) in [6, 6.07) is 7.63. The summed E-state index contributed by atoms with van der Waals surface area (Å²) in [6.07, 6.45) is 0.891. The van der Waals surface area contributed by atoms with Crippen molar-refractivity contribution >= 4 is 10.9 Å². The summed E-state index contributed by atoms with van der Waals surface area (Å²) in [5.41, 5.74) is 0.798. The van der Waals surface area contributed by atoms with Crippen molar-refractivity contribution in [3.05, 3.63) is 40.4 Å². The molecular formula is C17H25N3O. The molecule has 4 nitrogen and oxygen atoms in total. The van der Waals surface area contributed by atoms with Gasteiger partial charge in [-0.05, 0) is 46.2 Å². The maximum Gasteiger partial charge on any atom is 0.261 e. The van der Waals surface area contributed by atoms with Gasteiger partial charge in [-0.3, -0.25) is 9.36 Å². The van der Waals surface area contributed by atoms with Crippen LogP contribution in [0.5, 0.6) is 0 Å². The molecule has 1 aromatic heterocycles. The standard InChI is InChI=1S/C17H25N3O/c1-6-13(19-17(3,4)5)15-18-14-11-9-8-10-12(14)16(21)20(15)7-2/h8-11,13,19H,6-7H2,1-5H3. The van der Waals surface area contributed by atoms with Crippen LogP contribution >= 0.6 is 0 Å². The van der Waals surface area contributed by atoms with Gasteiger partial charge in [-0.2, -0.15) is 0 Å². The molecule has 4 heteroatoms. The van der Waals surface area contributed by atoms with E-state index in [1.807, 2.05) is 31.2 Å². The summed E-state index contributed by atoms with van der Waals surface area (Å²) in [6.45, 7) is 11.1. The highest BCUT2D eigenvalue weighted by Gasteiger charge is 2.22. The highest BCUT2D eigenvalue weighted by molar-refractivity contribution is 5.77. The van der Waals surface area contributed by atoms with Crippen molar-refractivity contribution in [2.45, 2.75) is 59.2 Å². The van der Waals surface area contributed by atoms with Crippen LogP contribution in [0, 0.1) is 0 Å². The van der Waals surface area contributed by atoms with Gasteiger partial charge < -0.3 is 5.32 Å². The Labute approximate surface area is 126 Å². The summed E-state index contributed by atoms with van der Waals surface area (Å²) < 4.78 is 1.79. The molecule has 1 heterocycles. The van der Waals surface area contributed by atoms with Gasteiger partial charge in [0.15, 0.2) is 0 Å². The van der Waals surface area contributed by atoms with Crippen molar-refractivity contribution in [3.8, 4) is 0 Å². The summed E-state index contributed by atoms with van der Waals surface area (Å²) in [5.74, 6) is 0.832. The zero-order valence-electron chi connectivity index (χ0n) is 13.6. The molecule has 2 rings (SSSR count). The molecule has 1 aromatic carbocycles. The third kappa shape index (κ3) is 3.32. The fourth-order valence-corrected chi connectivity index (χ4v) is 2.63. The van der Waals surface area contributed by atoms with Gasteiger partial charge in [0.1, 0.15) is 5.82 Å². The van der Waals surface area contributed by atoms with Crippen LogP contribution in [-0.4, -0.2) is 15.1 Å². The predicted octanol–water partition coefficient (Wildman–Crippen LogP) is 3.26. The number of hydrogen-bond acceptors (Lipinski definition) is 3. The topological polar surface area (TPSA) is 46.9 Å². The van der Waals surface area contributed by atoms with Crippen molar-refractivity contribution in [1.82, 2.24) is 14.9 Å². The van der Waals surface area contributed by atoms with Crippen LogP contribution in [0.15, 0.2) is 29.1 Å². The van der Waals surface area contributed by atoms with E-state index in [1.165, 1.54) is 0 Å². The van der Waals surface area contributed by atoms with E-state index in [0.29, 0.717) is 11.9 Å². The van der Waals surface area contributed by atoms with E-state index in [-0.39, 0.29) is 17.1 Å². The van der Waals surface area contributed by atoms with Gasteiger partial charge in [0.2, 0.25) is 0 Å². The van der Waals surface area contributed by atoms with Crippen molar-refractivity contribution in [3.63, 3.8) is 0 Å². The molecule has 0 spiro atoms. The summed E-state index contributed by atoms with van der Waals surface area (Å²) in [7, 11) is 0. The average molecular weight is 287 g/mol. The summed E-state index contributed by atoms with van der Waals surface area (Å²) in [5, 5.41) is 4.26. The molecule has 0 aliphatic carbocycles. The van der Waals surface area contributed by atoms with Crippen LogP contribution in [-0.2, 0) is 6.54 Å². The van der Waals surface area contributed by atoms with E-state index in [0.717, 1.165) is 17.8 Å². The Morgan fingerprint density at radius 3 is 2.48 bits per heavy atom. The van der Waals surface area contributed by atoms with Crippen LogP contribution in [0.25, 0.3) is 10.9 Å². The Balaban J connectivity index is 2.64. The molecule has 1 unspecified atom stereocenters. The van der Waals surface area contributed by atoms with Crippen molar-refractivity contribution in [2.75, 3.05) is 0 Å². The first-order valence-electron chi connectivity index (χ1n) is 7.64. The molecule has 1 N–H and O–H groups in total. The van der Waals surface area contributed by atoms with Crippen molar-refractivity contribution < 1.29 is 0 Å². The lowest BCUT2D eigenvalue weighted by Crippen LogP contribution is -2.41. The van der Waals surface area contributed by atoms with Gasteiger partial charge in [0, 0.05) is 12.1 Å². The second kappa shape index (κ2) is 5.98. The number of para-hydroxylation sites is 1. The molecule has 0 amide bonds. The second-order valence-corrected chi connectivity index (χ2v) is 6.39. The Hall–Kier alpha value is -1.68. The van der Waals surface area contributed by atoms with Crippen LogP contribution in [0.1, 0.15) is 52.9 Å². The second-order valence-electron chi connectivity index (χ2n) is 6.39. The number of fused-ring (bicyclic) bond motifs is 1. The molecule has 1 atom stereocenters. The van der Waals surface area contributed by atoms with E-state index in [4.69, 9.17) is 4.98 Å². The number of hydrogen-bond donors (Lipinski definition) is 1. The van der Waals surface area contributed by atoms with E-state index in [1.54, 1.807) is 4.57 Å². The van der Waals surface area contributed by atoms with Crippen molar-refractivity contribution in [2.24, 2.45) is 0 Å². The van der Waals surface area contributed by atoms with Crippen LogP contribution in [0.4, 0.5) is 0 Å². The Morgan fingerprint density at radius 1 is 1.24 bits per heavy atom. The molecule has 114 valence electrons. The number of rotatable bonds is 4. The largest absolute Gasteiger partial charge is 0.303 e. The Kier molecular flexibility index (Phi) is 4.47. The molecule has 21 heavy (non-hydrogen) atoms. The summed E-state index contributed by atoms with van der Waals surface area (Å²) >= 11 is 0. The zero-order valence-corrected chi connectivity index (χ0v) is 13.6. The molecular weight excluding hydrogens is 262 g/mol. The molecule has 0 radical (unpaired) electrons. The number of nitrogens with one attached hydrogen (secondary N) is 1. The monoisotopic (exact) mass is 287 g/mol. The molecule has 0 fully saturated rings. The van der Waals surface area contributed by atoms with Crippen LogP contribution in [0.2, 0.25) is 0 Å². The Morgan fingerprint density at radius 2 is 1.90 bits per heavy atom.